The molecule has 1 aromatic heterocycles. The summed E-state index contributed by atoms with van der Waals surface area (Å²) in [6, 6.07) is 9.65. The molecule has 2 N–H and O–H groups in total. The summed E-state index contributed by atoms with van der Waals surface area (Å²) in [5, 5.41) is 5.75. The van der Waals surface area contributed by atoms with Crippen LogP contribution in [0.2, 0.25) is 0 Å². The van der Waals surface area contributed by atoms with Gasteiger partial charge in [0.25, 0.3) is 15.9 Å². The van der Waals surface area contributed by atoms with Gasteiger partial charge in [0.05, 0.1) is 22.1 Å². The number of amides is 1. The first kappa shape index (κ1) is 21.9. The second-order valence-electron chi connectivity index (χ2n) is 7.11. The van der Waals surface area contributed by atoms with Gasteiger partial charge < -0.3 is 5.32 Å². The van der Waals surface area contributed by atoms with Crippen molar-refractivity contribution in [3.8, 4) is 0 Å². The van der Waals surface area contributed by atoms with Crippen LogP contribution in [0.1, 0.15) is 46.4 Å². The van der Waals surface area contributed by atoms with Crippen molar-refractivity contribution in [3.05, 3.63) is 75.5 Å². The van der Waals surface area contributed by atoms with Crippen LogP contribution in [0, 0.1) is 12.7 Å². The molecule has 158 valence electrons. The molecule has 0 fully saturated rings. The van der Waals surface area contributed by atoms with Crippen molar-refractivity contribution in [3.63, 3.8) is 0 Å². The molecule has 30 heavy (non-hydrogen) atoms. The van der Waals surface area contributed by atoms with Crippen molar-refractivity contribution in [2.24, 2.45) is 0 Å². The van der Waals surface area contributed by atoms with E-state index in [-0.39, 0.29) is 16.4 Å². The second-order valence-corrected chi connectivity index (χ2v) is 9.68. The number of carbonyl (C=O) groups excluding carboxylic acids is 1. The zero-order valence-corrected chi connectivity index (χ0v) is 18.4. The van der Waals surface area contributed by atoms with Crippen molar-refractivity contribution >= 4 is 33.0 Å². The third-order valence-corrected chi connectivity index (χ3v) is 6.91. The van der Waals surface area contributed by atoms with Crippen LogP contribution in [-0.2, 0) is 16.6 Å². The number of aromatic nitrogens is 1. The predicted molar refractivity (Wildman–Crippen MR) is 116 cm³/mol. The first-order valence-electron chi connectivity index (χ1n) is 9.27. The lowest BCUT2D eigenvalue weighted by molar-refractivity contribution is 0.0950. The number of thiazole rings is 1. The molecule has 0 radical (unpaired) electrons. The smallest absolute Gasteiger partial charge is 0.261 e. The van der Waals surface area contributed by atoms with Gasteiger partial charge in [-0.05, 0) is 55.0 Å². The number of anilines is 1. The fraction of sp³-hybridized carbons (Fsp3) is 0.238. The third-order valence-electron chi connectivity index (χ3n) is 4.33. The van der Waals surface area contributed by atoms with Gasteiger partial charge in [-0.25, -0.2) is 17.8 Å². The molecule has 0 aliphatic rings. The van der Waals surface area contributed by atoms with Gasteiger partial charge in [-0.3, -0.25) is 9.52 Å². The van der Waals surface area contributed by atoms with E-state index in [0.717, 1.165) is 16.8 Å². The summed E-state index contributed by atoms with van der Waals surface area (Å²) >= 11 is 1.56. The van der Waals surface area contributed by atoms with Crippen molar-refractivity contribution < 1.29 is 17.6 Å². The van der Waals surface area contributed by atoms with Gasteiger partial charge in [0.15, 0.2) is 0 Å². The van der Waals surface area contributed by atoms with Crippen molar-refractivity contribution in [1.82, 2.24) is 10.3 Å². The van der Waals surface area contributed by atoms with Crippen LogP contribution in [0.5, 0.6) is 0 Å². The van der Waals surface area contributed by atoms with Gasteiger partial charge in [-0.2, -0.15) is 0 Å². The maximum absolute atomic E-state index is 13.4. The Labute approximate surface area is 179 Å². The predicted octanol–water partition coefficient (Wildman–Crippen LogP) is 4.44. The Morgan fingerprint density at radius 2 is 1.87 bits per heavy atom. The van der Waals surface area contributed by atoms with Crippen LogP contribution < -0.4 is 10.0 Å². The number of nitrogens with zero attached hydrogens (tertiary/aromatic N) is 1. The molecule has 9 heteroatoms. The normalized spacial score (nSPS) is 11.5. The van der Waals surface area contributed by atoms with E-state index in [4.69, 9.17) is 0 Å². The van der Waals surface area contributed by atoms with Crippen molar-refractivity contribution in [1.29, 1.82) is 0 Å². The number of nitrogens with one attached hydrogen (secondary N) is 2. The quantitative estimate of drug-likeness (QED) is 0.560. The highest BCUT2D eigenvalue weighted by Gasteiger charge is 2.16. The van der Waals surface area contributed by atoms with Crippen LogP contribution in [0.3, 0.4) is 0 Å². The number of aryl methyl sites for hydroxylation is 1. The van der Waals surface area contributed by atoms with E-state index in [1.165, 1.54) is 43.3 Å². The largest absolute Gasteiger partial charge is 0.346 e. The summed E-state index contributed by atoms with van der Waals surface area (Å²) in [7, 11) is -3.86. The number of carbonyl (C=O) groups is 1. The summed E-state index contributed by atoms with van der Waals surface area (Å²) in [6.45, 7) is 5.94. The molecule has 1 heterocycles. The van der Waals surface area contributed by atoms with Gasteiger partial charge in [-0.15, -0.1) is 11.3 Å². The second kappa shape index (κ2) is 8.93. The summed E-state index contributed by atoms with van der Waals surface area (Å²) in [5.74, 6) is -0.408. The lowest BCUT2D eigenvalue weighted by Gasteiger charge is -2.10. The molecule has 0 atom stereocenters. The Morgan fingerprint density at radius 1 is 1.17 bits per heavy atom. The van der Waals surface area contributed by atoms with Gasteiger partial charge in [0.2, 0.25) is 0 Å². The van der Waals surface area contributed by atoms with Gasteiger partial charge in [0.1, 0.15) is 5.82 Å². The SMILES string of the molecule is Cc1cc(S(=O)(=O)Nc2ccc(C(=O)NCc3csc(C(C)C)n3)cc2)ccc1F. The lowest BCUT2D eigenvalue weighted by atomic mass is 10.2. The minimum Gasteiger partial charge on any atom is -0.346 e. The molecular formula is C21H22FN3O3S2. The minimum atomic E-state index is -3.86. The number of hydrogen-bond donors (Lipinski definition) is 2. The molecular weight excluding hydrogens is 425 g/mol. The van der Waals surface area contributed by atoms with Crippen LogP contribution >= 0.6 is 11.3 Å². The number of halogens is 1. The van der Waals surface area contributed by atoms with Crippen LogP contribution in [-0.4, -0.2) is 19.3 Å². The average Bonchev–Trinajstić information content (AvgIpc) is 3.18. The van der Waals surface area contributed by atoms with Crippen molar-refractivity contribution in [2.75, 3.05) is 4.72 Å². The van der Waals surface area contributed by atoms with E-state index < -0.39 is 15.8 Å². The summed E-state index contributed by atoms with van der Waals surface area (Å²) in [6.07, 6.45) is 0. The average molecular weight is 448 g/mol. The zero-order chi connectivity index (χ0) is 21.9. The van der Waals surface area contributed by atoms with Crippen LogP contribution in [0.15, 0.2) is 52.7 Å². The molecule has 0 bridgehead atoms. The fourth-order valence-electron chi connectivity index (χ4n) is 2.63. The molecule has 0 spiro atoms. The number of benzene rings is 2. The van der Waals surface area contributed by atoms with E-state index in [1.54, 1.807) is 11.3 Å². The monoisotopic (exact) mass is 447 g/mol. The highest BCUT2D eigenvalue weighted by atomic mass is 32.2. The Bertz CT molecular complexity index is 1160. The number of rotatable bonds is 7. The highest BCUT2D eigenvalue weighted by molar-refractivity contribution is 7.92. The lowest BCUT2D eigenvalue weighted by Crippen LogP contribution is -2.23. The van der Waals surface area contributed by atoms with E-state index in [0.29, 0.717) is 23.7 Å². The topological polar surface area (TPSA) is 88.2 Å². The minimum absolute atomic E-state index is 0.0350. The molecule has 0 saturated carbocycles. The molecule has 3 aromatic rings. The van der Waals surface area contributed by atoms with Crippen molar-refractivity contribution in [2.45, 2.75) is 38.1 Å². The Morgan fingerprint density at radius 3 is 2.47 bits per heavy atom. The van der Waals surface area contributed by atoms with Crippen LogP contribution in [0.4, 0.5) is 10.1 Å². The number of hydrogen-bond acceptors (Lipinski definition) is 5. The first-order valence-corrected chi connectivity index (χ1v) is 11.6. The van der Waals surface area contributed by atoms with Gasteiger partial charge >= 0.3 is 0 Å². The highest BCUT2D eigenvalue weighted by Crippen LogP contribution is 2.20. The summed E-state index contributed by atoms with van der Waals surface area (Å²) in [5.41, 5.74) is 1.74. The molecule has 2 aromatic carbocycles. The van der Waals surface area contributed by atoms with E-state index in [1.807, 2.05) is 5.38 Å². The maximum Gasteiger partial charge on any atom is 0.261 e. The Balaban J connectivity index is 1.63. The van der Waals surface area contributed by atoms with Crippen LogP contribution in [0.25, 0.3) is 0 Å². The van der Waals surface area contributed by atoms with Gasteiger partial charge in [-0.1, -0.05) is 13.8 Å². The third kappa shape index (κ3) is 5.22. The molecule has 0 unspecified atom stereocenters. The molecule has 3 rings (SSSR count). The molecule has 1 amide bonds. The van der Waals surface area contributed by atoms with E-state index >= 15 is 0 Å². The summed E-state index contributed by atoms with van der Waals surface area (Å²) in [4.78, 5) is 16.8. The molecule has 0 aliphatic carbocycles. The summed E-state index contributed by atoms with van der Waals surface area (Å²) < 4.78 is 40.8. The molecule has 6 nitrogen and oxygen atoms in total. The maximum atomic E-state index is 13.4. The molecule has 0 aliphatic heterocycles. The number of sulfonamides is 1. The molecule has 0 saturated heterocycles. The zero-order valence-electron chi connectivity index (χ0n) is 16.8. The Hall–Kier alpha value is -2.78. The van der Waals surface area contributed by atoms with E-state index in [9.17, 15) is 17.6 Å². The standard InChI is InChI=1S/C21H22FN3O3S2/c1-13(2)21-24-17(12-29-21)11-23-20(26)15-4-6-16(7-5-15)25-30(27,28)18-8-9-19(22)14(3)10-18/h4-10,12-13,25H,11H2,1-3H3,(H,23,26). The van der Waals surface area contributed by atoms with E-state index in [2.05, 4.69) is 28.9 Å². The van der Waals surface area contributed by atoms with Gasteiger partial charge in [0, 0.05) is 22.5 Å². The first-order chi connectivity index (χ1) is 14.2. The Kier molecular flexibility index (Phi) is 6.52. The fourth-order valence-corrected chi connectivity index (χ4v) is 4.61.